The standard InChI is InChI=1S/C16H33NO2/c1-5-9-11-13(7-3)15(17-19)16(18)14(8-4)12-10-6-2/h13-15,17,19H,5-12H2,1-4H3. The summed E-state index contributed by atoms with van der Waals surface area (Å²) in [5.41, 5.74) is 2.30. The second kappa shape index (κ2) is 11.4. The van der Waals surface area contributed by atoms with Gasteiger partial charge in [0.2, 0.25) is 0 Å². The van der Waals surface area contributed by atoms with Gasteiger partial charge in [0.1, 0.15) is 0 Å². The van der Waals surface area contributed by atoms with Crippen LogP contribution in [0, 0.1) is 11.8 Å². The van der Waals surface area contributed by atoms with Gasteiger partial charge in [0.25, 0.3) is 0 Å². The molecule has 0 bridgehead atoms. The number of rotatable bonds is 12. The molecule has 19 heavy (non-hydrogen) atoms. The molecule has 0 spiro atoms. The smallest absolute Gasteiger partial charge is 0.155 e. The summed E-state index contributed by atoms with van der Waals surface area (Å²) in [5.74, 6) is 0.565. The number of ketones is 1. The first kappa shape index (κ1) is 18.6. The fourth-order valence-corrected chi connectivity index (χ4v) is 2.73. The molecule has 0 aliphatic rings. The summed E-state index contributed by atoms with van der Waals surface area (Å²) in [4.78, 5) is 12.6. The zero-order valence-corrected chi connectivity index (χ0v) is 13.2. The lowest BCUT2D eigenvalue weighted by Crippen LogP contribution is -2.44. The molecule has 0 aromatic rings. The Labute approximate surface area is 119 Å². The quantitative estimate of drug-likeness (QED) is 0.519. The molecule has 0 saturated carbocycles. The van der Waals surface area contributed by atoms with Crippen LogP contribution in [0.5, 0.6) is 0 Å². The van der Waals surface area contributed by atoms with Crippen molar-refractivity contribution < 1.29 is 10.0 Å². The molecule has 0 amide bonds. The Bertz CT molecular complexity index is 231. The first-order valence-electron chi connectivity index (χ1n) is 8.09. The molecule has 0 aromatic carbocycles. The van der Waals surface area contributed by atoms with Crippen LogP contribution in [0.3, 0.4) is 0 Å². The average molecular weight is 271 g/mol. The normalized spacial score (nSPS) is 16.1. The van der Waals surface area contributed by atoms with Gasteiger partial charge < -0.3 is 5.21 Å². The average Bonchev–Trinajstić information content (AvgIpc) is 2.44. The third kappa shape index (κ3) is 6.53. The Morgan fingerprint density at radius 2 is 1.58 bits per heavy atom. The van der Waals surface area contributed by atoms with Gasteiger partial charge in [0.05, 0.1) is 6.04 Å². The molecule has 0 fully saturated rings. The maximum Gasteiger partial charge on any atom is 0.155 e. The molecule has 3 heteroatoms. The van der Waals surface area contributed by atoms with Crippen molar-refractivity contribution >= 4 is 5.78 Å². The van der Waals surface area contributed by atoms with Crippen molar-refractivity contribution in [3.8, 4) is 0 Å². The van der Waals surface area contributed by atoms with Gasteiger partial charge >= 0.3 is 0 Å². The monoisotopic (exact) mass is 271 g/mol. The topological polar surface area (TPSA) is 49.3 Å². The van der Waals surface area contributed by atoms with Crippen molar-refractivity contribution in [2.75, 3.05) is 0 Å². The lowest BCUT2D eigenvalue weighted by Gasteiger charge is -2.27. The van der Waals surface area contributed by atoms with Crippen molar-refractivity contribution in [1.29, 1.82) is 0 Å². The van der Waals surface area contributed by atoms with Gasteiger partial charge in [0.15, 0.2) is 5.78 Å². The van der Waals surface area contributed by atoms with Crippen LogP contribution in [-0.4, -0.2) is 17.0 Å². The van der Waals surface area contributed by atoms with Gasteiger partial charge in [0, 0.05) is 5.92 Å². The number of hydrogen-bond acceptors (Lipinski definition) is 3. The summed E-state index contributed by atoms with van der Waals surface area (Å²) in [6.07, 6.45) is 8.25. The molecule has 0 aromatic heterocycles. The van der Waals surface area contributed by atoms with Crippen molar-refractivity contribution in [2.45, 2.75) is 85.1 Å². The van der Waals surface area contributed by atoms with E-state index in [2.05, 4.69) is 33.2 Å². The fraction of sp³-hybridized carbons (Fsp3) is 0.938. The summed E-state index contributed by atoms with van der Waals surface area (Å²) in [6.45, 7) is 8.48. The highest BCUT2D eigenvalue weighted by Crippen LogP contribution is 2.23. The molecular weight excluding hydrogens is 238 g/mol. The molecule has 3 atom stereocenters. The minimum Gasteiger partial charge on any atom is -0.316 e. The van der Waals surface area contributed by atoms with Crippen LogP contribution in [-0.2, 0) is 4.79 Å². The van der Waals surface area contributed by atoms with Crippen LogP contribution in [0.15, 0.2) is 0 Å². The Morgan fingerprint density at radius 1 is 1.00 bits per heavy atom. The minimum absolute atomic E-state index is 0.0975. The molecule has 0 heterocycles. The van der Waals surface area contributed by atoms with Crippen LogP contribution >= 0.6 is 0 Å². The lowest BCUT2D eigenvalue weighted by atomic mass is 9.82. The molecule has 0 rings (SSSR count). The Morgan fingerprint density at radius 3 is 2.00 bits per heavy atom. The number of Topliss-reactive ketones (excluding diaryl/α,β-unsaturated/α-hetero) is 1. The van der Waals surface area contributed by atoms with E-state index in [1.807, 2.05) is 0 Å². The Hall–Kier alpha value is -0.410. The molecule has 3 unspecified atom stereocenters. The predicted molar refractivity (Wildman–Crippen MR) is 80.3 cm³/mol. The number of unbranched alkanes of at least 4 members (excludes halogenated alkanes) is 2. The lowest BCUT2D eigenvalue weighted by molar-refractivity contribution is -0.130. The zero-order chi connectivity index (χ0) is 14.7. The van der Waals surface area contributed by atoms with Gasteiger partial charge in [-0.15, -0.1) is 0 Å². The highest BCUT2D eigenvalue weighted by Gasteiger charge is 2.30. The summed E-state index contributed by atoms with van der Waals surface area (Å²) in [6, 6.07) is -0.377. The van der Waals surface area contributed by atoms with Crippen molar-refractivity contribution in [3.05, 3.63) is 0 Å². The first-order chi connectivity index (χ1) is 9.15. The van der Waals surface area contributed by atoms with Gasteiger partial charge in [-0.25, -0.2) is 0 Å². The predicted octanol–water partition coefficient (Wildman–Crippen LogP) is 4.34. The molecular formula is C16H33NO2. The number of hydrogen-bond donors (Lipinski definition) is 2. The van der Waals surface area contributed by atoms with Crippen molar-refractivity contribution in [3.63, 3.8) is 0 Å². The minimum atomic E-state index is -0.377. The summed E-state index contributed by atoms with van der Waals surface area (Å²) >= 11 is 0. The maximum absolute atomic E-state index is 12.6. The van der Waals surface area contributed by atoms with Crippen LogP contribution in [0.25, 0.3) is 0 Å². The van der Waals surface area contributed by atoms with Crippen molar-refractivity contribution in [1.82, 2.24) is 5.48 Å². The van der Waals surface area contributed by atoms with Crippen LogP contribution in [0.4, 0.5) is 0 Å². The van der Waals surface area contributed by atoms with Crippen LogP contribution < -0.4 is 5.48 Å². The van der Waals surface area contributed by atoms with Crippen molar-refractivity contribution in [2.24, 2.45) is 11.8 Å². The van der Waals surface area contributed by atoms with E-state index in [9.17, 15) is 10.0 Å². The molecule has 0 saturated heterocycles. The van der Waals surface area contributed by atoms with E-state index in [-0.39, 0.29) is 23.7 Å². The largest absolute Gasteiger partial charge is 0.316 e. The van der Waals surface area contributed by atoms with E-state index in [4.69, 9.17) is 0 Å². The van der Waals surface area contributed by atoms with E-state index in [1.165, 1.54) is 0 Å². The highest BCUT2D eigenvalue weighted by molar-refractivity contribution is 5.86. The molecule has 114 valence electrons. The second-order valence-corrected chi connectivity index (χ2v) is 5.57. The first-order valence-corrected chi connectivity index (χ1v) is 8.09. The SMILES string of the molecule is CCCCC(CC)C(=O)C(NO)C(CC)CCCC. The van der Waals surface area contributed by atoms with Gasteiger partial charge in [-0.3, -0.25) is 4.79 Å². The summed E-state index contributed by atoms with van der Waals surface area (Å²) in [5, 5.41) is 9.40. The number of hydroxylamine groups is 1. The van der Waals surface area contributed by atoms with E-state index in [1.54, 1.807) is 0 Å². The highest BCUT2D eigenvalue weighted by atomic mass is 16.5. The number of nitrogens with one attached hydrogen (secondary N) is 1. The second-order valence-electron chi connectivity index (χ2n) is 5.57. The van der Waals surface area contributed by atoms with Gasteiger partial charge in [-0.1, -0.05) is 59.8 Å². The third-order valence-electron chi connectivity index (χ3n) is 4.17. The van der Waals surface area contributed by atoms with Crippen LogP contribution in [0.2, 0.25) is 0 Å². The molecule has 0 aliphatic heterocycles. The molecule has 2 N–H and O–H groups in total. The van der Waals surface area contributed by atoms with E-state index in [0.717, 1.165) is 51.4 Å². The Kier molecular flexibility index (Phi) is 11.2. The van der Waals surface area contributed by atoms with E-state index < -0.39 is 0 Å². The summed E-state index contributed by atoms with van der Waals surface area (Å²) < 4.78 is 0. The Balaban J connectivity index is 4.63. The van der Waals surface area contributed by atoms with E-state index in [0.29, 0.717) is 0 Å². The molecule has 3 nitrogen and oxygen atoms in total. The molecule has 0 aliphatic carbocycles. The maximum atomic E-state index is 12.6. The van der Waals surface area contributed by atoms with E-state index >= 15 is 0 Å². The molecule has 0 radical (unpaired) electrons. The van der Waals surface area contributed by atoms with Crippen LogP contribution in [0.1, 0.15) is 79.1 Å². The number of carbonyl (C=O) groups is 1. The summed E-state index contributed by atoms with van der Waals surface area (Å²) in [7, 11) is 0. The zero-order valence-electron chi connectivity index (χ0n) is 13.2. The van der Waals surface area contributed by atoms with Gasteiger partial charge in [-0.05, 0) is 25.2 Å². The number of carbonyl (C=O) groups excluding carboxylic acids is 1. The third-order valence-corrected chi connectivity index (χ3v) is 4.17. The fourth-order valence-electron chi connectivity index (χ4n) is 2.73. The van der Waals surface area contributed by atoms with Gasteiger partial charge in [-0.2, -0.15) is 5.48 Å².